The third kappa shape index (κ3) is 3.76. The highest BCUT2D eigenvalue weighted by molar-refractivity contribution is 9.10. The minimum atomic E-state index is -0.245. The lowest BCUT2D eigenvalue weighted by Gasteiger charge is -2.13. The predicted molar refractivity (Wildman–Crippen MR) is 82.2 cm³/mol. The molecule has 0 amide bonds. The van der Waals surface area contributed by atoms with Gasteiger partial charge in [0.05, 0.1) is 17.2 Å². The Hall–Kier alpha value is -0.940. The molecular weight excluding hydrogens is 327 g/mol. The molecule has 5 heteroatoms. The van der Waals surface area contributed by atoms with E-state index < -0.39 is 0 Å². The van der Waals surface area contributed by atoms with Gasteiger partial charge < -0.3 is 5.32 Å². The first-order valence-electron chi connectivity index (χ1n) is 6.00. The van der Waals surface area contributed by atoms with Gasteiger partial charge in [0.1, 0.15) is 5.82 Å². The summed E-state index contributed by atoms with van der Waals surface area (Å²) in [4.78, 5) is 5.57. The molecule has 1 N–H and O–H groups in total. The van der Waals surface area contributed by atoms with Crippen molar-refractivity contribution in [1.82, 2.24) is 4.98 Å². The second-order valence-electron chi connectivity index (χ2n) is 5.36. The van der Waals surface area contributed by atoms with Gasteiger partial charge in [-0.2, -0.15) is 0 Å². The number of aromatic nitrogens is 1. The summed E-state index contributed by atoms with van der Waals surface area (Å²) in [5.74, 6) is -0.245. The molecule has 1 aromatic heterocycles. The molecule has 0 bridgehead atoms. The van der Waals surface area contributed by atoms with Gasteiger partial charge in [0, 0.05) is 21.0 Å². The van der Waals surface area contributed by atoms with Crippen molar-refractivity contribution in [3.05, 3.63) is 44.6 Å². The van der Waals surface area contributed by atoms with Gasteiger partial charge in [0.15, 0.2) is 0 Å². The van der Waals surface area contributed by atoms with Crippen molar-refractivity contribution in [3.8, 4) is 0 Å². The van der Waals surface area contributed by atoms with Crippen molar-refractivity contribution in [3.63, 3.8) is 0 Å². The summed E-state index contributed by atoms with van der Waals surface area (Å²) in [6.45, 7) is 7.08. The summed E-state index contributed by atoms with van der Waals surface area (Å²) in [5.41, 5.74) is 0.827. The molecule has 0 fully saturated rings. The van der Waals surface area contributed by atoms with Crippen molar-refractivity contribution in [1.29, 1.82) is 0 Å². The Bertz CT molecular complexity index is 575. The number of benzene rings is 1. The van der Waals surface area contributed by atoms with E-state index in [1.807, 2.05) is 6.20 Å². The number of hydrogen-bond acceptors (Lipinski definition) is 3. The quantitative estimate of drug-likeness (QED) is 0.853. The second kappa shape index (κ2) is 5.59. The smallest absolute Gasteiger partial charge is 0.125 e. The van der Waals surface area contributed by atoms with E-state index in [4.69, 9.17) is 0 Å². The lowest BCUT2D eigenvalue weighted by molar-refractivity contribution is 0.585. The Balaban J connectivity index is 2.06. The van der Waals surface area contributed by atoms with Gasteiger partial charge in [-0.1, -0.05) is 20.8 Å². The molecular formula is C14H16BrFN2S. The van der Waals surface area contributed by atoms with Gasteiger partial charge in [0.2, 0.25) is 0 Å². The first-order chi connectivity index (χ1) is 8.86. The van der Waals surface area contributed by atoms with Crippen molar-refractivity contribution in [2.24, 2.45) is 0 Å². The fourth-order valence-electron chi connectivity index (χ4n) is 1.55. The monoisotopic (exact) mass is 342 g/mol. The van der Waals surface area contributed by atoms with Gasteiger partial charge >= 0.3 is 0 Å². The van der Waals surface area contributed by atoms with Gasteiger partial charge in [-0.25, -0.2) is 9.37 Å². The predicted octanol–water partition coefficient (Wildman–Crippen LogP) is 4.95. The molecule has 0 saturated carbocycles. The van der Waals surface area contributed by atoms with Gasteiger partial charge in [-0.15, -0.1) is 11.3 Å². The maximum atomic E-state index is 13.2. The zero-order valence-corrected chi connectivity index (χ0v) is 13.5. The van der Waals surface area contributed by atoms with Crippen LogP contribution >= 0.6 is 27.3 Å². The van der Waals surface area contributed by atoms with E-state index in [1.165, 1.54) is 12.1 Å². The van der Waals surface area contributed by atoms with E-state index in [0.717, 1.165) is 20.0 Å². The van der Waals surface area contributed by atoms with Crippen LogP contribution in [0.5, 0.6) is 0 Å². The maximum absolute atomic E-state index is 13.2. The summed E-state index contributed by atoms with van der Waals surface area (Å²) in [7, 11) is 0. The normalized spacial score (nSPS) is 11.6. The average Bonchev–Trinajstić information content (AvgIpc) is 2.79. The lowest BCUT2D eigenvalue weighted by atomic mass is 9.98. The third-order valence-electron chi connectivity index (χ3n) is 2.58. The van der Waals surface area contributed by atoms with E-state index in [9.17, 15) is 4.39 Å². The van der Waals surface area contributed by atoms with Crippen LogP contribution in [0.3, 0.4) is 0 Å². The summed E-state index contributed by atoms with van der Waals surface area (Å²) in [6.07, 6.45) is 1.88. The van der Waals surface area contributed by atoms with E-state index >= 15 is 0 Å². The van der Waals surface area contributed by atoms with Crippen molar-refractivity contribution in [2.75, 3.05) is 5.32 Å². The maximum Gasteiger partial charge on any atom is 0.125 e. The standard InChI is InChI=1S/C14H16BrFN2S/c1-14(2,3)13-18-8-10(19-13)7-17-12-6-9(16)4-5-11(12)15/h4-6,8,17H,7H2,1-3H3. The molecule has 0 aliphatic heterocycles. The SMILES string of the molecule is CC(C)(C)c1ncc(CNc2cc(F)ccc2Br)s1. The highest BCUT2D eigenvalue weighted by atomic mass is 79.9. The van der Waals surface area contributed by atoms with Crippen LogP contribution in [0.25, 0.3) is 0 Å². The molecule has 2 aromatic rings. The molecule has 0 unspecified atom stereocenters. The zero-order valence-electron chi connectivity index (χ0n) is 11.1. The van der Waals surface area contributed by atoms with Crippen LogP contribution < -0.4 is 5.32 Å². The molecule has 0 saturated heterocycles. The number of rotatable bonds is 3. The summed E-state index contributed by atoms with van der Waals surface area (Å²) in [5, 5.41) is 4.33. The second-order valence-corrected chi connectivity index (χ2v) is 7.33. The molecule has 0 aliphatic carbocycles. The van der Waals surface area contributed by atoms with E-state index in [1.54, 1.807) is 17.4 Å². The van der Waals surface area contributed by atoms with Crippen LogP contribution in [-0.2, 0) is 12.0 Å². The Morgan fingerprint density at radius 2 is 2.11 bits per heavy atom. The van der Waals surface area contributed by atoms with E-state index in [-0.39, 0.29) is 11.2 Å². The Labute approximate surface area is 125 Å². The van der Waals surface area contributed by atoms with Gasteiger partial charge in [-0.3, -0.25) is 0 Å². The number of halogens is 2. The average molecular weight is 343 g/mol. The molecule has 19 heavy (non-hydrogen) atoms. The summed E-state index contributed by atoms with van der Waals surface area (Å²) >= 11 is 5.09. The molecule has 0 radical (unpaired) electrons. The van der Waals surface area contributed by atoms with Crippen molar-refractivity contribution in [2.45, 2.75) is 32.7 Å². The van der Waals surface area contributed by atoms with Crippen molar-refractivity contribution >= 4 is 33.0 Å². The zero-order chi connectivity index (χ0) is 14.0. The number of nitrogens with one attached hydrogen (secondary N) is 1. The summed E-state index contributed by atoms with van der Waals surface area (Å²) in [6, 6.07) is 4.61. The number of anilines is 1. The van der Waals surface area contributed by atoms with Crippen LogP contribution in [0.1, 0.15) is 30.7 Å². The Kier molecular flexibility index (Phi) is 4.26. The first-order valence-corrected chi connectivity index (χ1v) is 7.61. The lowest BCUT2D eigenvalue weighted by Crippen LogP contribution is -2.09. The molecule has 2 rings (SSSR count). The van der Waals surface area contributed by atoms with Gasteiger partial charge in [0.25, 0.3) is 0 Å². The highest BCUT2D eigenvalue weighted by Gasteiger charge is 2.17. The molecule has 102 valence electrons. The summed E-state index contributed by atoms with van der Waals surface area (Å²) < 4.78 is 14.0. The number of nitrogens with zero attached hydrogens (tertiary/aromatic N) is 1. The molecule has 0 atom stereocenters. The first kappa shape index (κ1) is 14.5. The molecule has 0 aliphatic rings. The number of hydrogen-bond donors (Lipinski definition) is 1. The molecule has 1 aromatic carbocycles. The van der Waals surface area contributed by atoms with Crippen molar-refractivity contribution < 1.29 is 4.39 Å². The molecule has 2 nitrogen and oxygen atoms in total. The van der Waals surface area contributed by atoms with Crippen LogP contribution in [-0.4, -0.2) is 4.98 Å². The largest absolute Gasteiger partial charge is 0.379 e. The van der Waals surface area contributed by atoms with Gasteiger partial charge in [-0.05, 0) is 34.1 Å². The fourth-order valence-corrected chi connectivity index (χ4v) is 2.85. The minimum absolute atomic E-state index is 0.0718. The van der Waals surface area contributed by atoms with Crippen LogP contribution in [0.4, 0.5) is 10.1 Å². The minimum Gasteiger partial charge on any atom is -0.379 e. The fraction of sp³-hybridized carbons (Fsp3) is 0.357. The third-order valence-corrected chi connectivity index (χ3v) is 4.69. The Morgan fingerprint density at radius 3 is 2.74 bits per heavy atom. The van der Waals surface area contributed by atoms with E-state index in [2.05, 4.69) is 47.0 Å². The topological polar surface area (TPSA) is 24.9 Å². The van der Waals surface area contributed by atoms with E-state index in [0.29, 0.717) is 6.54 Å². The molecule has 0 spiro atoms. The number of thiazole rings is 1. The van der Waals surface area contributed by atoms with Crippen LogP contribution in [0, 0.1) is 5.82 Å². The highest BCUT2D eigenvalue weighted by Crippen LogP contribution is 2.28. The van der Waals surface area contributed by atoms with Crippen LogP contribution in [0.2, 0.25) is 0 Å². The Morgan fingerprint density at radius 1 is 1.37 bits per heavy atom. The van der Waals surface area contributed by atoms with Crippen LogP contribution in [0.15, 0.2) is 28.9 Å². The molecule has 1 heterocycles.